The summed E-state index contributed by atoms with van der Waals surface area (Å²) in [5.74, 6) is -0.634. The van der Waals surface area contributed by atoms with E-state index < -0.39 is 5.82 Å². The predicted octanol–water partition coefficient (Wildman–Crippen LogP) is 3.74. The molecule has 0 aliphatic carbocycles. The van der Waals surface area contributed by atoms with E-state index in [0.29, 0.717) is 10.7 Å². The zero-order valence-corrected chi connectivity index (χ0v) is 12.6. The van der Waals surface area contributed by atoms with Crippen LogP contribution in [-0.4, -0.2) is 24.4 Å². The van der Waals surface area contributed by atoms with Gasteiger partial charge in [0.25, 0.3) is 0 Å². The van der Waals surface area contributed by atoms with Crippen molar-refractivity contribution in [1.82, 2.24) is 4.98 Å². The van der Waals surface area contributed by atoms with Crippen LogP contribution in [0.1, 0.15) is 10.4 Å². The summed E-state index contributed by atoms with van der Waals surface area (Å²) in [5.41, 5.74) is 1.19. The number of Topliss-reactive ketones (excluding diaryl/α,β-unsaturated/α-hetero) is 1. The molecule has 0 amide bonds. The second kappa shape index (κ2) is 6.11. The lowest BCUT2D eigenvalue weighted by Gasteiger charge is -2.05. The summed E-state index contributed by atoms with van der Waals surface area (Å²) < 4.78 is 19.5. The third kappa shape index (κ3) is 2.92. The van der Waals surface area contributed by atoms with E-state index in [1.54, 1.807) is 6.07 Å². The minimum absolute atomic E-state index is 0.0611. The fraction of sp³-hybridized carbons (Fsp3) is 0.125. The molecule has 0 radical (unpaired) electrons. The molecule has 0 fully saturated rings. The van der Waals surface area contributed by atoms with Crippen LogP contribution in [0.25, 0.3) is 10.2 Å². The fourth-order valence-electron chi connectivity index (χ4n) is 2.05. The molecule has 0 saturated heterocycles. The molecular weight excluding hydrogens is 303 g/mol. The third-order valence-electron chi connectivity index (χ3n) is 3.17. The van der Waals surface area contributed by atoms with E-state index >= 15 is 0 Å². The first-order chi connectivity index (χ1) is 10.7. The van der Waals surface area contributed by atoms with E-state index in [0.717, 1.165) is 10.2 Å². The largest absolute Gasteiger partial charge is 0.494 e. The molecule has 0 saturated carbocycles. The number of rotatable bonds is 5. The normalized spacial score (nSPS) is 10.6. The number of nitrogens with one attached hydrogen (secondary N) is 1. The maximum atomic E-state index is 13.6. The van der Waals surface area contributed by atoms with Crippen LogP contribution in [0.2, 0.25) is 0 Å². The SMILES string of the molecule is COc1ccc(C(=O)CNc2nc3ccccc3s2)cc1F. The first-order valence-corrected chi connectivity index (χ1v) is 7.45. The van der Waals surface area contributed by atoms with Gasteiger partial charge in [0.05, 0.1) is 23.9 Å². The van der Waals surface area contributed by atoms with Crippen LogP contribution in [0.3, 0.4) is 0 Å². The zero-order valence-electron chi connectivity index (χ0n) is 11.8. The van der Waals surface area contributed by atoms with Gasteiger partial charge >= 0.3 is 0 Å². The molecule has 0 spiro atoms. The standard InChI is InChI=1S/C16H13FN2O2S/c1-21-14-7-6-10(8-11(14)17)13(20)9-18-16-19-12-4-2-3-5-15(12)22-16/h2-8H,9H2,1H3,(H,18,19). The quantitative estimate of drug-likeness (QED) is 0.729. The lowest BCUT2D eigenvalue weighted by atomic mass is 10.1. The number of hydrogen-bond donors (Lipinski definition) is 1. The van der Waals surface area contributed by atoms with Crippen LogP contribution in [0.15, 0.2) is 42.5 Å². The number of benzene rings is 2. The number of aromatic nitrogens is 1. The Balaban J connectivity index is 1.70. The van der Waals surface area contributed by atoms with Gasteiger partial charge < -0.3 is 10.1 Å². The van der Waals surface area contributed by atoms with E-state index in [-0.39, 0.29) is 18.1 Å². The molecule has 4 nitrogen and oxygen atoms in total. The third-order valence-corrected chi connectivity index (χ3v) is 4.16. The molecule has 1 heterocycles. The second-order valence-electron chi connectivity index (χ2n) is 4.61. The number of ether oxygens (including phenoxy) is 1. The number of carbonyl (C=O) groups is 1. The number of halogens is 1. The van der Waals surface area contributed by atoms with Crippen LogP contribution >= 0.6 is 11.3 Å². The van der Waals surface area contributed by atoms with Gasteiger partial charge in [0.1, 0.15) is 0 Å². The molecule has 22 heavy (non-hydrogen) atoms. The summed E-state index contributed by atoms with van der Waals surface area (Å²) in [7, 11) is 1.38. The number of ketones is 1. The molecule has 3 rings (SSSR count). The summed E-state index contributed by atoms with van der Waals surface area (Å²) in [5, 5.41) is 3.65. The van der Waals surface area contributed by atoms with Crippen molar-refractivity contribution < 1.29 is 13.9 Å². The molecule has 2 aromatic carbocycles. The van der Waals surface area contributed by atoms with Crippen molar-refractivity contribution in [3.8, 4) is 5.75 Å². The van der Waals surface area contributed by atoms with Gasteiger partial charge in [0, 0.05) is 5.56 Å². The van der Waals surface area contributed by atoms with Gasteiger partial charge in [-0.25, -0.2) is 9.37 Å². The molecule has 1 aromatic heterocycles. The van der Waals surface area contributed by atoms with Crippen molar-refractivity contribution in [3.05, 3.63) is 53.8 Å². The maximum Gasteiger partial charge on any atom is 0.184 e. The number of thiazole rings is 1. The summed E-state index contributed by atoms with van der Waals surface area (Å²) in [6.07, 6.45) is 0. The van der Waals surface area contributed by atoms with Crippen molar-refractivity contribution in [1.29, 1.82) is 0 Å². The van der Waals surface area contributed by atoms with Crippen LogP contribution < -0.4 is 10.1 Å². The summed E-state index contributed by atoms with van der Waals surface area (Å²) in [6.45, 7) is 0.0611. The number of carbonyl (C=O) groups excluding carboxylic acids is 1. The van der Waals surface area contributed by atoms with Gasteiger partial charge in [-0.15, -0.1) is 0 Å². The Morgan fingerprint density at radius 1 is 1.32 bits per heavy atom. The van der Waals surface area contributed by atoms with E-state index in [9.17, 15) is 9.18 Å². The average molecular weight is 316 g/mol. The van der Waals surface area contributed by atoms with Gasteiger partial charge in [0.2, 0.25) is 0 Å². The van der Waals surface area contributed by atoms with E-state index in [1.165, 1.54) is 30.6 Å². The first-order valence-electron chi connectivity index (χ1n) is 6.63. The Labute approximate surface area is 130 Å². The van der Waals surface area contributed by atoms with Crippen molar-refractivity contribution >= 4 is 32.5 Å². The molecular formula is C16H13FN2O2S. The van der Waals surface area contributed by atoms with Crippen LogP contribution in [0, 0.1) is 5.82 Å². The Bertz CT molecular complexity index is 799. The highest BCUT2D eigenvalue weighted by Gasteiger charge is 2.11. The molecule has 3 aromatic rings. The number of hydrogen-bond acceptors (Lipinski definition) is 5. The van der Waals surface area contributed by atoms with Gasteiger partial charge in [0.15, 0.2) is 22.5 Å². The minimum atomic E-state index is -0.548. The average Bonchev–Trinajstić information content (AvgIpc) is 2.95. The molecule has 0 unspecified atom stereocenters. The summed E-state index contributed by atoms with van der Waals surface area (Å²) >= 11 is 1.48. The molecule has 0 aliphatic heterocycles. The minimum Gasteiger partial charge on any atom is -0.494 e. The highest BCUT2D eigenvalue weighted by molar-refractivity contribution is 7.22. The Kier molecular flexibility index (Phi) is 4.02. The number of anilines is 1. The van der Waals surface area contributed by atoms with Gasteiger partial charge in [-0.2, -0.15) is 0 Å². The topological polar surface area (TPSA) is 51.2 Å². The lowest BCUT2D eigenvalue weighted by Crippen LogP contribution is -2.14. The first kappa shape index (κ1) is 14.5. The molecule has 0 atom stereocenters. The number of methoxy groups -OCH3 is 1. The molecule has 6 heteroatoms. The Morgan fingerprint density at radius 2 is 2.14 bits per heavy atom. The van der Waals surface area contributed by atoms with Crippen LogP contribution in [-0.2, 0) is 0 Å². The molecule has 112 valence electrons. The zero-order chi connectivity index (χ0) is 15.5. The van der Waals surface area contributed by atoms with Gasteiger partial charge in [-0.3, -0.25) is 4.79 Å². The predicted molar refractivity (Wildman–Crippen MR) is 85.4 cm³/mol. The van der Waals surface area contributed by atoms with Gasteiger partial charge in [-0.05, 0) is 30.3 Å². The van der Waals surface area contributed by atoms with Crippen LogP contribution in [0.5, 0.6) is 5.75 Å². The van der Waals surface area contributed by atoms with Crippen molar-refractivity contribution in [3.63, 3.8) is 0 Å². The fourth-order valence-corrected chi connectivity index (χ4v) is 2.91. The lowest BCUT2D eigenvalue weighted by molar-refractivity contribution is 0.101. The van der Waals surface area contributed by atoms with E-state index in [2.05, 4.69) is 10.3 Å². The molecule has 1 N–H and O–H groups in total. The van der Waals surface area contributed by atoms with Crippen molar-refractivity contribution in [2.75, 3.05) is 19.0 Å². The Morgan fingerprint density at radius 3 is 2.86 bits per heavy atom. The monoisotopic (exact) mass is 316 g/mol. The van der Waals surface area contributed by atoms with E-state index in [1.807, 2.05) is 24.3 Å². The maximum absolute atomic E-state index is 13.6. The number of fused-ring (bicyclic) bond motifs is 1. The van der Waals surface area contributed by atoms with Crippen molar-refractivity contribution in [2.24, 2.45) is 0 Å². The van der Waals surface area contributed by atoms with Crippen LogP contribution in [0.4, 0.5) is 9.52 Å². The number of nitrogens with zero attached hydrogens (tertiary/aromatic N) is 1. The van der Waals surface area contributed by atoms with Crippen molar-refractivity contribution in [2.45, 2.75) is 0 Å². The molecule has 0 aliphatic rings. The summed E-state index contributed by atoms with van der Waals surface area (Å²) in [4.78, 5) is 16.5. The highest BCUT2D eigenvalue weighted by Crippen LogP contribution is 2.25. The second-order valence-corrected chi connectivity index (χ2v) is 5.64. The molecule has 0 bridgehead atoms. The summed E-state index contributed by atoms with van der Waals surface area (Å²) in [6, 6.07) is 11.9. The van der Waals surface area contributed by atoms with E-state index in [4.69, 9.17) is 4.74 Å². The Hall–Kier alpha value is -2.47. The van der Waals surface area contributed by atoms with Gasteiger partial charge in [-0.1, -0.05) is 23.5 Å². The number of para-hydroxylation sites is 1. The smallest absolute Gasteiger partial charge is 0.184 e. The highest BCUT2D eigenvalue weighted by atomic mass is 32.1.